The monoisotopic (exact) mass is 342 g/mol. The second kappa shape index (κ2) is 7.38. The van der Waals surface area contributed by atoms with E-state index >= 15 is 0 Å². The summed E-state index contributed by atoms with van der Waals surface area (Å²) in [6.07, 6.45) is 2.17. The average molecular weight is 342 g/mol. The Kier molecular flexibility index (Phi) is 5.02. The third-order valence-corrected chi connectivity index (χ3v) is 3.93. The van der Waals surface area contributed by atoms with E-state index in [9.17, 15) is 4.79 Å². The third kappa shape index (κ3) is 3.99. The fourth-order valence-electron chi connectivity index (χ4n) is 2.54. The van der Waals surface area contributed by atoms with Crippen LogP contribution in [0.5, 0.6) is 11.5 Å². The minimum atomic E-state index is -0.283. The molecule has 0 bridgehead atoms. The SMILES string of the molecule is CCCCN(C)c1cc(C(=O)Nc2ccc3c(c2)OCO3)nc(C)n1. The molecule has 2 heterocycles. The van der Waals surface area contributed by atoms with Crippen molar-refractivity contribution in [3.63, 3.8) is 0 Å². The molecule has 7 nitrogen and oxygen atoms in total. The van der Waals surface area contributed by atoms with E-state index in [1.54, 1.807) is 31.2 Å². The Hall–Kier alpha value is -2.83. The van der Waals surface area contributed by atoms with Gasteiger partial charge in [0.05, 0.1) is 0 Å². The summed E-state index contributed by atoms with van der Waals surface area (Å²) in [5.41, 5.74) is 0.968. The molecule has 132 valence electrons. The Morgan fingerprint density at radius 3 is 2.84 bits per heavy atom. The molecule has 1 amide bonds. The number of carbonyl (C=O) groups is 1. The molecule has 1 aliphatic heterocycles. The number of aromatic nitrogens is 2. The fourth-order valence-corrected chi connectivity index (χ4v) is 2.54. The van der Waals surface area contributed by atoms with Crippen LogP contribution in [0.25, 0.3) is 0 Å². The number of anilines is 2. The first-order valence-electron chi connectivity index (χ1n) is 8.34. The average Bonchev–Trinajstić information content (AvgIpc) is 3.06. The molecular weight excluding hydrogens is 320 g/mol. The molecule has 0 unspecified atom stereocenters. The van der Waals surface area contributed by atoms with Crippen LogP contribution in [-0.2, 0) is 0 Å². The Balaban J connectivity index is 1.76. The van der Waals surface area contributed by atoms with Crippen LogP contribution in [0.3, 0.4) is 0 Å². The lowest BCUT2D eigenvalue weighted by Crippen LogP contribution is -2.22. The van der Waals surface area contributed by atoms with Crippen molar-refractivity contribution in [1.82, 2.24) is 9.97 Å². The summed E-state index contributed by atoms with van der Waals surface area (Å²) in [6.45, 7) is 5.01. The van der Waals surface area contributed by atoms with Crippen molar-refractivity contribution < 1.29 is 14.3 Å². The summed E-state index contributed by atoms with van der Waals surface area (Å²) < 4.78 is 10.6. The number of nitrogens with one attached hydrogen (secondary N) is 1. The van der Waals surface area contributed by atoms with Gasteiger partial charge in [-0.2, -0.15) is 0 Å². The molecule has 0 saturated carbocycles. The van der Waals surface area contributed by atoms with Crippen molar-refractivity contribution in [3.8, 4) is 11.5 Å². The van der Waals surface area contributed by atoms with E-state index in [0.29, 0.717) is 28.7 Å². The highest BCUT2D eigenvalue weighted by Crippen LogP contribution is 2.34. The first kappa shape index (κ1) is 17.0. The number of carbonyl (C=O) groups excluding carboxylic acids is 1. The predicted molar refractivity (Wildman–Crippen MR) is 95.5 cm³/mol. The zero-order chi connectivity index (χ0) is 17.8. The smallest absolute Gasteiger partial charge is 0.274 e. The Morgan fingerprint density at radius 2 is 2.04 bits per heavy atom. The van der Waals surface area contributed by atoms with Gasteiger partial charge < -0.3 is 19.7 Å². The number of amides is 1. The summed E-state index contributed by atoms with van der Waals surface area (Å²) in [6, 6.07) is 6.99. The molecule has 1 N–H and O–H groups in total. The lowest BCUT2D eigenvalue weighted by Gasteiger charge is -2.18. The summed E-state index contributed by atoms with van der Waals surface area (Å²) in [7, 11) is 1.97. The zero-order valence-electron chi connectivity index (χ0n) is 14.7. The molecule has 1 aromatic carbocycles. The van der Waals surface area contributed by atoms with Gasteiger partial charge >= 0.3 is 0 Å². The van der Waals surface area contributed by atoms with E-state index in [0.717, 1.165) is 25.2 Å². The largest absolute Gasteiger partial charge is 0.454 e. The van der Waals surface area contributed by atoms with E-state index in [2.05, 4.69) is 22.2 Å². The summed E-state index contributed by atoms with van der Waals surface area (Å²) in [5, 5.41) is 2.84. The second-order valence-corrected chi connectivity index (χ2v) is 5.96. The molecule has 0 fully saturated rings. The van der Waals surface area contributed by atoms with Crippen LogP contribution in [0.1, 0.15) is 36.1 Å². The third-order valence-electron chi connectivity index (χ3n) is 3.93. The lowest BCUT2D eigenvalue weighted by molar-refractivity contribution is 0.102. The maximum Gasteiger partial charge on any atom is 0.274 e. The van der Waals surface area contributed by atoms with Crippen molar-refractivity contribution in [1.29, 1.82) is 0 Å². The quantitative estimate of drug-likeness (QED) is 0.870. The summed E-state index contributed by atoms with van der Waals surface area (Å²) in [5.74, 6) is 2.33. The normalized spacial score (nSPS) is 12.1. The van der Waals surface area contributed by atoms with Crippen LogP contribution in [0.15, 0.2) is 24.3 Å². The van der Waals surface area contributed by atoms with Crippen LogP contribution in [0.4, 0.5) is 11.5 Å². The van der Waals surface area contributed by atoms with Gasteiger partial charge in [-0.3, -0.25) is 4.79 Å². The molecular formula is C18H22N4O3. The minimum Gasteiger partial charge on any atom is -0.454 e. The van der Waals surface area contributed by atoms with Crippen LogP contribution >= 0.6 is 0 Å². The number of aryl methyl sites for hydroxylation is 1. The maximum atomic E-state index is 12.6. The molecule has 7 heteroatoms. The highest BCUT2D eigenvalue weighted by Gasteiger charge is 2.16. The molecule has 0 aliphatic carbocycles. The van der Waals surface area contributed by atoms with Gasteiger partial charge in [0.15, 0.2) is 11.5 Å². The Morgan fingerprint density at radius 1 is 1.24 bits per heavy atom. The highest BCUT2D eigenvalue weighted by molar-refractivity contribution is 6.03. The molecule has 0 atom stereocenters. The molecule has 0 saturated heterocycles. The van der Waals surface area contributed by atoms with Crippen molar-refractivity contribution in [2.24, 2.45) is 0 Å². The van der Waals surface area contributed by atoms with Gasteiger partial charge in [-0.25, -0.2) is 9.97 Å². The highest BCUT2D eigenvalue weighted by atomic mass is 16.7. The van der Waals surface area contributed by atoms with Gasteiger partial charge in [-0.15, -0.1) is 0 Å². The van der Waals surface area contributed by atoms with Crippen molar-refractivity contribution in [3.05, 3.63) is 35.8 Å². The lowest BCUT2D eigenvalue weighted by atomic mass is 10.2. The van der Waals surface area contributed by atoms with Gasteiger partial charge in [0.25, 0.3) is 5.91 Å². The van der Waals surface area contributed by atoms with Crippen LogP contribution in [-0.4, -0.2) is 36.3 Å². The molecule has 25 heavy (non-hydrogen) atoms. The minimum absolute atomic E-state index is 0.200. The standard InChI is InChI=1S/C18H22N4O3/c1-4-5-8-22(3)17-10-14(19-12(2)20-17)18(23)21-13-6-7-15-16(9-13)25-11-24-15/h6-7,9-10H,4-5,8,11H2,1-3H3,(H,21,23). The van der Waals surface area contributed by atoms with Gasteiger partial charge in [0.1, 0.15) is 17.3 Å². The van der Waals surface area contributed by atoms with Gasteiger partial charge in [-0.05, 0) is 25.5 Å². The van der Waals surface area contributed by atoms with E-state index in [4.69, 9.17) is 9.47 Å². The topological polar surface area (TPSA) is 76.6 Å². The number of hydrogen-bond donors (Lipinski definition) is 1. The van der Waals surface area contributed by atoms with Gasteiger partial charge in [0, 0.05) is 31.4 Å². The number of fused-ring (bicyclic) bond motifs is 1. The number of hydrogen-bond acceptors (Lipinski definition) is 6. The summed E-state index contributed by atoms with van der Waals surface area (Å²) in [4.78, 5) is 23.3. The number of rotatable bonds is 6. The Labute approximate surface area is 147 Å². The molecule has 0 radical (unpaired) electrons. The van der Waals surface area contributed by atoms with Crippen molar-refractivity contribution in [2.75, 3.05) is 30.6 Å². The Bertz CT molecular complexity index is 779. The number of unbranched alkanes of at least 4 members (excludes halogenated alkanes) is 1. The molecule has 2 aromatic rings. The molecule has 1 aromatic heterocycles. The summed E-state index contributed by atoms with van der Waals surface area (Å²) >= 11 is 0. The maximum absolute atomic E-state index is 12.6. The predicted octanol–water partition coefficient (Wildman–Crippen LogP) is 3.00. The van der Waals surface area contributed by atoms with Gasteiger partial charge in [-0.1, -0.05) is 13.3 Å². The van der Waals surface area contributed by atoms with Crippen LogP contribution < -0.4 is 19.7 Å². The molecule has 0 spiro atoms. The fraction of sp³-hybridized carbons (Fsp3) is 0.389. The van der Waals surface area contributed by atoms with Crippen molar-refractivity contribution in [2.45, 2.75) is 26.7 Å². The van der Waals surface area contributed by atoms with E-state index < -0.39 is 0 Å². The van der Waals surface area contributed by atoms with Crippen LogP contribution in [0.2, 0.25) is 0 Å². The molecule has 1 aliphatic rings. The number of ether oxygens (including phenoxy) is 2. The zero-order valence-corrected chi connectivity index (χ0v) is 14.7. The molecule has 3 rings (SSSR count). The van der Waals surface area contributed by atoms with E-state index in [1.165, 1.54) is 0 Å². The number of nitrogens with zero attached hydrogens (tertiary/aromatic N) is 3. The van der Waals surface area contributed by atoms with E-state index in [-0.39, 0.29) is 12.7 Å². The van der Waals surface area contributed by atoms with Gasteiger partial charge in [0.2, 0.25) is 6.79 Å². The first-order chi connectivity index (χ1) is 12.1. The second-order valence-electron chi connectivity index (χ2n) is 5.96. The number of benzene rings is 1. The van der Waals surface area contributed by atoms with Crippen molar-refractivity contribution >= 4 is 17.4 Å². The van der Waals surface area contributed by atoms with Crippen LogP contribution in [0, 0.1) is 6.92 Å². The first-order valence-corrected chi connectivity index (χ1v) is 8.34. The van der Waals surface area contributed by atoms with E-state index in [1.807, 2.05) is 11.9 Å².